The first-order valence-electron chi connectivity index (χ1n) is 7.18. The number of unbranched alkanes of at least 4 members (excludes halogenated alkanes) is 1. The molecule has 0 fully saturated rings. The molecule has 112 valence electrons. The lowest BCUT2D eigenvalue weighted by molar-refractivity contribution is -0.148. The fourth-order valence-corrected chi connectivity index (χ4v) is 2.02. The minimum Gasteiger partial charge on any atom is -0.465 e. The van der Waals surface area contributed by atoms with E-state index in [-0.39, 0.29) is 30.3 Å². The van der Waals surface area contributed by atoms with Gasteiger partial charge >= 0.3 is 5.97 Å². The van der Waals surface area contributed by atoms with E-state index in [2.05, 4.69) is 6.92 Å². The Balaban J connectivity index is 2.21. The van der Waals surface area contributed by atoms with Gasteiger partial charge in [0.2, 0.25) is 0 Å². The lowest BCUT2D eigenvalue weighted by atomic mass is 10.1. The van der Waals surface area contributed by atoms with Gasteiger partial charge in [-0.05, 0) is 19.8 Å². The number of hydrogen-bond acceptors (Lipinski definition) is 4. The molecule has 5 nitrogen and oxygen atoms in total. The van der Waals surface area contributed by atoms with Crippen LogP contribution in [0.1, 0.15) is 46.5 Å². The average molecular weight is 281 g/mol. The summed E-state index contributed by atoms with van der Waals surface area (Å²) in [5.74, 6) is -0.825. The molecule has 1 aliphatic heterocycles. The van der Waals surface area contributed by atoms with Crippen molar-refractivity contribution in [1.82, 2.24) is 4.90 Å². The van der Waals surface area contributed by atoms with E-state index in [1.807, 2.05) is 6.92 Å². The van der Waals surface area contributed by atoms with Crippen molar-refractivity contribution in [3.8, 4) is 0 Å². The van der Waals surface area contributed by atoms with Gasteiger partial charge in [-0.1, -0.05) is 26.7 Å². The maximum Gasteiger partial charge on any atom is 0.308 e. The molecule has 1 unspecified atom stereocenters. The van der Waals surface area contributed by atoms with Gasteiger partial charge in [0.15, 0.2) is 0 Å². The number of carbonyl (C=O) groups is 3. The molecule has 1 aliphatic rings. The Morgan fingerprint density at radius 1 is 1.35 bits per heavy atom. The predicted octanol–water partition coefficient (Wildman–Crippen LogP) is 2.06. The Hall–Kier alpha value is -1.65. The second-order valence-electron chi connectivity index (χ2n) is 5.19. The third-order valence-corrected chi connectivity index (χ3v) is 3.35. The summed E-state index contributed by atoms with van der Waals surface area (Å²) in [5, 5.41) is 0. The maximum absolute atomic E-state index is 11.6. The number of esters is 1. The smallest absolute Gasteiger partial charge is 0.308 e. The summed E-state index contributed by atoms with van der Waals surface area (Å²) < 4.78 is 5.15. The predicted molar refractivity (Wildman–Crippen MR) is 74.7 cm³/mol. The van der Waals surface area contributed by atoms with Crippen molar-refractivity contribution in [3.63, 3.8) is 0 Å². The van der Waals surface area contributed by atoms with Crippen LogP contribution >= 0.6 is 0 Å². The summed E-state index contributed by atoms with van der Waals surface area (Å²) >= 11 is 0. The molecule has 1 rings (SSSR count). The molecule has 0 aromatic rings. The fourth-order valence-electron chi connectivity index (χ4n) is 2.02. The van der Waals surface area contributed by atoms with Gasteiger partial charge in [0.05, 0.1) is 12.5 Å². The molecule has 1 heterocycles. The van der Waals surface area contributed by atoms with E-state index in [9.17, 15) is 14.4 Å². The van der Waals surface area contributed by atoms with Gasteiger partial charge < -0.3 is 4.74 Å². The second kappa shape index (κ2) is 7.82. The maximum atomic E-state index is 11.6. The highest BCUT2D eigenvalue weighted by molar-refractivity contribution is 6.15. The normalized spacial score (nSPS) is 16.4. The van der Waals surface area contributed by atoms with Crippen LogP contribution in [0.4, 0.5) is 0 Å². The van der Waals surface area contributed by atoms with Crippen molar-refractivity contribution in [2.75, 3.05) is 13.2 Å². The van der Waals surface area contributed by atoms with Gasteiger partial charge in [-0.15, -0.1) is 0 Å². The van der Waals surface area contributed by atoms with Crippen LogP contribution in [0.2, 0.25) is 0 Å². The van der Waals surface area contributed by atoms with Gasteiger partial charge in [-0.25, -0.2) is 0 Å². The van der Waals surface area contributed by atoms with Gasteiger partial charge in [0.1, 0.15) is 0 Å². The average Bonchev–Trinajstić information content (AvgIpc) is 2.66. The van der Waals surface area contributed by atoms with Crippen molar-refractivity contribution in [3.05, 3.63) is 11.6 Å². The topological polar surface area (TPSA) is 63.7 Å². The molecule has 0 spiro atoms. The van der Waals surface area contributed by atoms with Crippen LogP contribution in [-0.2, 0) is 19.1 Å². The zero-order valence-electron chi connectivity index (χ0n) is 12.5. The number of rotatable bonds is 8. The molecule has 5 heteroatoms. The summed E-state index contributed by atoms with van der Waals surface area (Å²) in [4.78, 5) is 35.9. The van der Waals surface area contributed by atoms with Crippen molar-refractivity contribution < 1.29 is 19.1 Å². The number of hydrogen-bond donors (Lipinski definition) is 0. The Morgan fingerprint density at radius 2 is 2.05 bits per heavy atom. The van der Waals surface area contributed by atoms with Gasteiger partial charge in [0.25, 0.3) is 11.8 Å². The van der Waals surface area contributed by atoms with Crippen LogP contribution in [0.3, 0.4) is 0 Å². The van der Waals surface area contributed by atoms with E-state index in [1.54, 1.807) is 6.92 Å². The number of amides is 2. The van der Waals surface area contributed by atoms with Gasteiger partial charge in [-0.2, -0.15) is 0 Å². The third-order valence-electron chi connectivity index (χ3n) is 3.35. The minimum absolute atomic E-state index is 0.0890. The van der Waals surface area contributed by atoms with Crippen molar-refractivity contribution in [1.29, 1.82) is 0 Å². The molecule has 0 saturated carbocycles. The van der Waals surface area contributed by atoms with E-state index in [0.29, 0.717) is 18.5 Å². The van der Waals surface area contributed by atoms with Crippen molar-refractivity contribution in [2.45, 2.75) is 46.5 Å². The zero-order chi connectivity index (χ0) is 15.1. The van der Waals surface area contributed by atoms with E-state index >= 15 is 0 Å². The van der Waals surface area contributed by atoms with Gasteiger partial charge in [-0.3, -0.25) is 19.3 Å². The summed E-state index contributed by atoms with van der Waals surface area (Å²) in [5.41, 5.74) is 0.459. The van der Waals surface area contributed by atoms with Crippen molar-refractivity contribution >= 4 is 17.8 Å². The van der Waals surface area contributed by atoms with Crippen LogP contribution in [0.25, 0.3) is 0 Å². The van der Waals surface area contributed by atoms with E-state index in [0.717, 1.165) is 19.3 Å². The molecule has 20 heavy (non-hydrogen) atoms. The minimum atomic E-state index is -0.282. The highest BCUT2D eigenvalue weighted by Crippen LogP contribution is 2.13. The molecule has 1 atom stereocenters. The van der Waals surface area contributed by atoms with Crippen LogP contribution in [0.15, 0.2) is 11.6 Å². The zero-order valence-corrected chi connectivity index (χ0v) is 12.5. The first-order valence-corrected chi connectivity index (χ1v) is 7.18. The van der Waals surface area contributed by atoms with Crippen molar-refractivity contribution in [2.24, 2.45) is 5.92 Å². The number of imide groups is 1. The quantitative estimate of drug-likeness (QED) is 0.388. The fraction of sp³-hybridized carbons (Fsp3) is 0.667. The molecule has 0 radical (unpaired) electrons. The summed E-state index contributed by atoms with van der Waals surface area (Å²) in [7, 11) is 0. The lowest BCUT2D eigenvalue weighted by Gasteiger charge is -2.15. The Morgan fingerprint density at radius 3 is 2.60 bits per heavy atom. The Kier molecular flexibility index (Phi) is 6.42. The SMILES string of the molecule is CCCCC(C)C(=O)OCCCN1C(=O)C=C(C)C1=O. The van der Waals surface area contributed by atoms with Crippen LogP contribution in [0, 0.1) is 5.92 Å². The van der Waals surface area contributed by atoms with E-state index in [1.165, 1.54) is 11.0 Å². The standard InChI is InChI=1S/C15H23NO4/c1-4-5-7-11(2)15(19)20-9-6-8-16-13(17)10-12(3)14(16)18/h10-11H,4-9H2,1-3H3. The third kappa shape index (κ3) is 4.47. The largest absolute Gasteiger partial charge is 0.465 e. The van der Waals surface area contributed by atoms with Crippen LogP contribution < -0.4 is 0 Å². The van der Waals surface area contributed by atoms with E-state index in [4.69, 9.17) is 4.74 Å². The number of nitrogens with zero attached hydrogens (tertiary/aromatic N) is 1. The molecule has 0 saturated heterocycles. The molecular formula is C15H23NO4. The molecule has 0 bridgehead atoms. The summed E-state index contributed by atoms with van der Waals surface area (Å²) in [6.45, 7) is 6.10. The Bertz CT molecular complexity index is 414. The molecular weight excluding hydrogens is 258 g/mol. The monoisotopic (exact) mass is 281 g/mol. The van der Waals surface area contributed by atoms with E-state index < -0.39 is 0 Å². The lowest BCUT2D eigenvalue weighted by Crippen LogP contribution is -2.32. The first kappa shape index (κ1) is 16.4. The highest BCUT2D eigenvalue weighted by atomic mass is 16.5. The molecule has 0 aliphatic carbocycles. The second-order valence-corrected chi connectivity index (χ2v) is 5.19. The number of ether oxygens (including phenoxy) is 1. The number of carbonyl (C=O) groups excluding carboxylic acids is 3. The van der Waals surface area contributed by atoms with Crippen LogP contribution in [-0.4, -0.2) is 35.8 Å². The first-order chi connectivity index (χ1) is 9.47. The summed E-state index contributed by atoms with van der Waals surface area (Å²) in [6, 6.07) is 0. The summed E-state index contributed by atoms with van der Waals surface area (Å²) in [6.07, 6.45) is 4.72. The highest BCUT2D eigenvalue weighted by Gasteiger charge is 2.27. The molecule has 0 aromatic heterocycles. The molecule has 2 amide bonds. The Labute approximate surface area is 120 Å². The van der Waals surface area contributed by atoms with Gasteiger partial charge in [0, 0.05) is 18.2 Å². The van der Waals surface area contributed by atoms with Crippen LogP contribution in [0.5, 0.6) is 0 Å². The molecule has 0 aromatic carbocycles. The molecule has 0 N–H and O–H groups in total.